The Balaban J connectivity index is 1.81. The molecule has 0 aliphatic heterocycles. The Morgan fingerprint density at radius 1 is 1.07 bits per heavy atom. The van der Waals surface area contributed by atoms with Crippen LogP contribution in [0.15, 0.2) is 47.4 Å². The molecule has 0 N–H and O–H groups in total. The molecule has 0 bridgehead atoms. The molecule has 0 fully saturated rings. The Morgan fingerprint density at radius 2 is 1.76 bits per heavy atom. The normalized spacial score (nSPS) is 12.9. The SMILES string of the molecule is CC(=O)OC(C)c1nc(Cn2nc(-c3ccc(Cl)cc3)n(CCC(F)(F)F)c2=O)nn1-c1ncccc1C(F)(F)F. The number of esters is 1. The second kappa shape index (κ2) is 11.3. The van der Waals surface area contributed by atoms with Gasteiger partial charge in [0.15, 0.2) is 29.4 Å². The lowest BCUT2D eigenvalue weighted by Gasteiger charge is -2.15. The first kappa shape index (κ1) is 29.8. The van der Waals surface area contributed by atoms with Crippen molar-refractivity contribution in [2.24, 2.45) is 0 Å². The molecule has 0 aliphatic carbocycles. The van der Waals surface area contributed by atoms with Crippen LogP contribution in [0.25, 0.3) is 17.2 Å². The van der Waals surface area contributed by atoms with Gasteiger partial charge in [-0.3, -0.25) is 9.36 Å². The molecule has 1 unspecified atom stereocenters. The molecule has 17 heteroatoms. The van der Waals surface area contributed by atoms with Crippen LogP contribution in [0.3, 0.4) is 0 Å². The van der Waals surface area contributed by atoms with E-state index in [9.17, 15) is 35.9 Å². The van der Waals surface area contributed by atoms with E-state index < -0.39 is 61.0 Å². The highest BCUT2D eigenvalue weighted by Gasteiger charge is 2.36. The number of carbonyl (C=O) groups excluding carboxylic acids is 1. The summed E-state index contributed by atoms with van der Waals surface area (Å²) >= 11 is 5.90. The quantitative estimate of drug-likeness (QED) is 0.206. The predicted molar refractivity (Wildman–Crippen MR) is 131 cm³/mol. The Bertz CT molecular complexity index is 1610. The zero-order chi connectivity index (χ0) is 30.1. The van der Waals surface area contributed by atoms with Gasteiger partial charge in [0.1, 0.15) is 12.1 Å². The first-order chi connectivity index (χ1) is 19.1. The number of rotatable bonds is 8. The Kier molecular flexibility index (Phi) is 8.24. The third-order valence-corrected chi connectivity index (χ3v) is 5.86. The molecule has 0 saturated heterocycles. The fourth-order valence-electron chi connectivity index (χ4n) is 3.87. The molecule has 3 aromatic heterocycles. The largest absolute Gasteiger partial charge is 0.455 e. The zero-order valence-corrected chi connectivity index (χ0v) is 22.0. The van der Waals surface area contributed by atoms with Crippen molar-refractivity contribution in [3.05, 3.63) is 75.3 Å². The van der Waals surface area contributed by atoms with E-state index in [0.29, 0.717) is 10.6 Å². The molecule has 10 nitrogen and oxygen atoms in total. The number of benzene rings is 1. The average molecular weight is 604 g/mol. The summed E-state index contributed by atoms with van der Waals surface area (Å²) in [6, 6.07) is 7.70. The topological polar surface area (TPSA) is 110 Å². The number of ether oxygens (including phenoxy) is 1. The predicted octanol–water partition coefficient (Wildman–Crippen LogP) is 4.98. The molecule has 1 aromatic carbocycles. The Labute approximate surface area is 232 Å². The molecular weight excluding hydrogens is 584 g/mol. The summed E-state index contributed by atoms with van der Waals surface area (Å²) in [6.07, 6.45) is -10.8. The summed E-state index contributed by atoms with van der Waals surface area (Å²) in [6.45, 7) is 1.14. The van der Waals surface area contributed by atoms with Crippen LogP contribution in [0.1, 0.15) is 43.6 Å². The molecule has 218 valence electrons. The smallest absolute Gasteiger partial charge is 0.420 e. The van der Waals surface area contributed by atoms with Crippen LogP contribution in [0.4, 0.5) is 26.3 Å². The van der Waals surface area contributed by atoms with Crippen molar-refractivity contribution in [1.29, 1.82) is 0 Å². The molecule has 3 heterocycles. The Hall–Kier alpha value is -4.21. The van der Waals surface area contributed by atoms with Gasteiger partial charge in [-0.15, -0.1) is 10.2 Å². The number of aromatic nitrogens is 7. The van der Waals surface area contributed by atoms with E-state index in [1.54, 1.807) is 0 Å². The van der Waals surface area contributed by atoms with Gasteiger partial charge in [0.25, 0.3) is 0 Å². The summed E-state index contributed by atoms with van der Waals surface area (Å²) in [7, 11) is 0. The van der Waals surface area contributed by atoms with Crippen LogP contribution >= 0.6 is 11.6 Å². The van der Waals surface area contributed by atoms with Crippen LogP contribution in [0.5, 0.6) is 0 Å². The van der Waals surface area contributed by atoms with Gasteiger partial charge in [0.2, 0.25) is 0 Å². The van der Waals surface area contributed by atoms with Crippen molar-refractivity contribution in [3.8, 4) is 17.2 Å². The van der Waals surface area contributed by atoms with Crippen molar-refractivity contribution >= 4 is 17.6 Å². The summed E-state index contributed by atoms with van der Waals surface area (Å²) in [5, 5.41) is 8.57. The maximum Gasteiger partial charge on any atom is 0.420 e. The third-order valence-electron chi connectivity index (χ3n) is 5.61. The van der Waals surface area contributed by atoms with Crippen LogP contribution in [-0.4, -0.2) is 46.2 Å². The molecule has 0 amide bonds. The monoisotopic (exact) mass is 603 g/mol. The highest BCUT2D eigenvalue weighted by Crippen LogP contribution is 2.33. The molecule has 1 atom stereocenters. The van der Waals surface area contributed by atoms with Gasteiger partial charge in [-0.1, -0.05) is 11.6 Å². The maximum absolute atomic E-state index is 13.7. The molecule has 0 aliphatic rings. The zero-order valence-electron chi connectivity index (χ0n) is 21.2. The highest BCUT2D eigenvalue weighted by molar-refractivity contribution is 6.30. The van der Waals surface area contributed by atoms with Gasteiger partial charge in [0, 0.05) is 30.3 Å². The number of alkyl halides is 6. The second-order valence-electron chi connectivity index (χ2n) is 8.71. The van der Waals surface area contributed by atoms with E-state index in [4.69, 9.17) is 16.3 Å². The lowest BCUT2D eigenvalue weighted by Crippen LogP contribution is -2.27. The van der Waals surface area contributed by atoms with E-state index >= 15 is 0 Å². The number of pyridine rings is 1. The number of nitrogens with zero attached hydrogens (tertiary/aromatic N) is 7. The van der Waals surface area contributed by atoms with Gasteiger partial charge in [-0.25, -0.2) is 19.4 Å². The molecule has 0 spiro atoms. The fourth-order valence-corrected chi connectivity index (χ4v) is 4.00. The lowest BCUT2D eigenvalue weighted by atomic mass is 10.2. The van der Waals surface area contributed by atoms with E-state index in [2.05, 4.69) is 20.2 Å². The summed E-state index contributed by atoms with van der Waals surface area (Å²) < 4.78 is 87.6. The minimum atomic E-state index is -4.83. The van der Waals surface area contributed by atoms with Crippen molar-refractivity contribution < 1.29 is 35.9 Å². The third kappa shape index (κ3) is 6.93. The van der Waals surface area contributed by atoms with E-state index in [-0.39, 0.29) is 17.5 Å². The van der Waals surface area contributed by atoms with Gasteiger partial charge >= 0.3 is 24.0 Å². The average Bonchev–Trinajstić information content (AvgIpc) is 3.43. The first-order valence-corrected chi connectivity index (χ1v) is 12.2. The summed E-state index contributed by atoms with van der Waals surface area (Å²) in [5.41, 5.74) is -1.82. The first-order valence-electron chi connectivity index (χ1n) is 11.8. The van der Waals surface area contributed by atoms with E-state index in [1.165, 1.54) is 31.2 Å². The van der Waals surface area contributed by atoms with E-state index in [1.807, 2.05) is 0 Å². The summed E-state index contributed by atoms with van der Waals surface area (Å²) in [5.74, 6) is -2.02. The highest BCUT2D eigenvalue weighted by atomic mass is 35.5. The van der Waals surface area contributed by atoms with Crippen LogP contribution in [-0.2, 0) is 28.8 Å². The standard InChI is InChI=1S/C24H20ClF6N7O3/c1-13(41-14(2)39)19-33-18(34-38(19)21-17(24(29,30)31)4-3-10-32-21)12-37-22(40)36(11-9-23(26,27)28)20(35-37)15-5-7-16(25)8-6-15/h3-8,10,13H,9,11-12H2,1-2H3. The molecule has 4 rings (SSSR count). The second-order valence-corrected chi connectivity index (χ2v) is 9.15. The van der Waals surface area contributed by atoms with Gasteiger partial charge < -0.3 is 4.74 Å². The van der Waals surface area contributed by atoms with Gasteiger partial charge in [-0.05, 0) is 43.3 Å². The molecule has 0 saturated carbocycles. The molecule has 0 radical (unpaired) electrons. The van der Waals surface area contributed by atoms with Crippen LogP contribution in [0, 0.1) is 0 Å². The number of halogens is 7. The molecule has 4 aromatic rings. The van der Waals surface area contributed by atoms with E-state index in [0.717, 1.165) is 39.2 Å². The molecule has 41 heavy (non-hydrogen) atoms. The lowest BCUT2D eigenvalue weighted by molar-refractivity contribution is -0.146. The van der Waals surface area contributed by atoms with Crippen molar-refractivity contribution in [2.75, 3.05) is 0 Å². The summed E-state index contributed by atoms with van der Waals surface area (Å²) in [4.78, 5) is 32.7. The van der Waals surface area contributed by atoms with Gasteiger partial charge in [-0.2, -0.15) is 31.0 Å². The number of hydrogen-bond donors (Lipinski definition) is 0. The van der Waals surface area contributed by atoms with Crippen molar-refractivity contribution in [1.82, 2.24) is 34.1 Å². The minimum Gasteiger partial charge on any atom is -0.455 e. The molecular formula is C24H20ClF6N7O3. The number of carbonyl (C=O) groups is 1. The number of hydrogen-bond acceptors (Lipinski definition) is 7. The van der Waals surface area contributed by atoms with Crippen LogP contribution in [0.2, 0.25) is 5.02 Å². The maximum atomic E-state index is 13.7. The van der Waals surface area contributed by atoms with Gasteiger partial charge in [0.05, 0.1) is 6.42 Å². The van der Waals surface area contributed by atoms with Crippen molar-refractivity contribution in [2.45, 2.75) is 51.8 Å². The van der Waals surface area contributed by atoms with Crippen LogP contribution < -0.4 is 5.69 Å². The minimum absolute atomic E-state index is 0.104. The Morgan fingerprint density at radius 3 is 2.37 bits per heavy atom. The fraction of sp³-hybridized carbons (Fsp3) is 0.333. The van der Waals surface area contributed by atoms with Crippen molar-refractivity contribution in [3.63, 3.8) is 0 Å².